The molecule has 0 aliphatic carbocycles. The van der Waals surface area contributed by atoms with E-state index in [0.717, 1.165) is 17.6 Å². The lowest BCUT2D eigenvalue weighted by atomic mass is 9.88. The number of halogens is 2. The van der Waals surface area contributed by atoms with Crippen LogP contribution in [0.1, 0.15) is 18.4 Å². The second-order valence-corrected chi connectivity index (χ2v) is 5.34. The van der Waals surface area contributed by atoms with E-state index >= 15 is 0 Å². The summed E-state index contributed by atoms with van der Waals surface area (Å²) in [6, 6.07) is 2.45. The third kappa shape index (κ3) is 2.40. The zero-order chi connectivity index (χ0) is 12.5. The molecule has 0 radical (unpaired) electrons. The van der Waals surface area contributed by atoms with Crippen LogP contribution in [0.25, 0.3) is 0 Å². The zero-order valence-electron chi connectivity index (χ0n) is 9.50. The van der Waals surface area contributed by atoms with E-state index in [1.165, 1.54) is 13.2 Å². The monoisotopic (exact) mass is 260 g/mol. The van der Waals surface area contributed by atoms with Gasteiger partial charge < -0.3 is 9.84 Å². The minimum Gasteiger partial charge on any atom is -0.494 e. The summed E-state index contributed by atoms with van der Waals surface area (Å²) in [4.78, 5) is 0. The van der Waals surface area contributed by atoms with Crippen LogP contribution in [-0.2, 0) is 5.60 Å². The highest BCUT2D eigenvalue weighted by Crippen LogP contribution is 2.38. The molecule has 5 heteroatoms. The van der Waals surface area contributed by atoms with E-state index in [4.69, 9.17) is 4.74 Å². The number of aliphatic hydroxyl groups is 1. The van der Waals surface area contributed by atoms with E-state index in [-0.39, 0.29) is 5.75 Å². The van der Waals surface area contributed by atoms with Gasteiger partial charge in [0.25, 0.3) is 0 Å². The highest BCUT2D eigenvalue weighted by atomic mass is 32.2. The van der Waals surface area contributed by atoms with Crippen molar-refractivity contribution in [3.8, 4) is 5.75 Å². The van der Waals surface area contributed by atoms with Crippen molar-refractivity contribution in [1.82, 2.24) is 0 Å². The summed E-state index contributed by atoms with van der Waals surface area (Å²) in [5.41, 5.74) is -0.666. The van der Waals surface area contributed by atoms with Crippen molar-refractivity contribution < 1.29 is 18.6 Å². The summed E-state index contributed by atoms with van der Waals surface area (Å²) < 4.78 is 31.4. The summed E-state index contributed by atoms with van der Waals surface area (Å²) in [6.45, 7) is 0. The molecule has 94 valence electrons. The van der Waals surface area contributed by atoms with Crippen molar-refractivity contribution in [2.75, 3.05) is 18.6 Å². The van der Waals surface area contributed by atoms with Gasteiger partial charge in [-0.05, 0) is 42.0 Å². The second-order valence-electron chi connectivity index (χ2n) is 4.12. The van der Waals surface area contributed by atoms with E-state index in [9.17, 15) is 13.9 Å². The molecule has 1 aromatic rings. The Morgan fingerprint density at radius 2 is 1.94 bits per heavy atom. The Morgan fingerprint density at radius 3 is 2.53 bits per heavy atom. The van der Waals surface area contributed by atoms with Crippen LogP contribution in [0, 0.1) is 11.6 Å². The van der Waals surface area contributed by atoms with Crippen molar-refractivity contribution >= 4 is 11.8 Å². The van der Waals surface area contributed by atoms with Crippen LogP contribution < -0.4 is 4.74 Å². The van der Waals surface area contributed by atoms with E-state index in [0.29, 0.717) is 18.4 Å². The zero-order valence-corrected chi connectivity index (χ0v) is 10.3. The van der Waals surface area contributed by atoms with Crippen LogP contribution in [0.4, 0.5) is 8.78 Å². The molecule has 0 unspecified atom stereocenters. The molecule has 1 aliphatic heterocycles. The molecule has 1 fully saturated rings. The third-order valence-corrected chi connectivity index (χ3v) is 4.06. The molecule has 1 aliphatic rings. The van der Waals surface area contributed by atoms with Crippen molar-refractivity contribution in [2.45, 2.75) is 18.4 Å². The summed E-state index contributed by atoms with van der Waals surface area (Å²) in [5, 5.41) is 10.4. The Balaban J connectivity index is 2.41. The van der Waals surface area contributed by atoms with Gasteiger partial charge in [0.2, 0.25) is 5.82 Å². The molecule has 0 atom stereocenters. The van der Waals surface area contributed by atoms with Crippen LogP contribution in [-0.4, -0.2) is 23.7 Å². The Kier molecular flexibility index (Phi) is 3.58. The highest BCUT2D eigenvalue weighted by Gasteiger charge is 2.33. The van der Waals surface area contributed by atoms with Gasteiger partial charge in [-0.3, -0.25) is 0 Å². The molecule has 0 saturated carbocycles. The van der Waals surface area contributed by atoms with Crippen LogP contribution in [0.3, 0.4) is 0 Å². The fourth-order valence-electron chi connectivity index (χ4n) is 1.98. The molecular weight excluding hydrogens is 246 g/mol. The number of hydrogen-bond donors (Lipinski definition) is 1. The molecule has 1 saturated heterocycles. The van der Waals surface area contributed by atoms with Gasteiger partial charge in [0, 0.05) is 0 Å². The molecule has 0 bridgehead atoms. The lowest BCUT2D eigenvalue weighted by Gasteiger charge is -2.32. The number of hydrogen-bond acceptors (Lipinski definition) is 3. The smallest absolute Gasteiger partial charge is 0.200 e. The fraction of sp³-hybridized carbons (Fsp3) is 0.500. The molecule has 0 amide bonds. The van der Waals surface area contributed by atoms with Gasteiger partial charge in [-0.2, -0.15) is 16.2 Å². The fourth-order valence-corrected chi connectivity index (χ4v) is 3.15. The molecule has 2 nitrogen and oxygen atoms in total. The third-order valence-electron chi connectivity index (χ3n) is 3.07. The first kappa shape index (κ1) is 12.6. The minimum atomic E-state index is -1.06. The maximum absolute atomic E-state index is 13.4. The van der Waals surface area contributed by atoms with E-state index < -0.39 is 17.2 Å². The van der Waals surface area contributed by atoms with E-state index in [2.05, 4.69) is 0 Å². The van der Waals surface area contributed by atoms with Gasteiger partial charge in [0.15, 0.2) is 11.6 Å². The average molecular weight is 260 g/mol. The van der Waals surface area contributed by atoms with Gasteiger partial charge in [-0.1, -0.05) is 0 Å². The molecule has 1 N–H and O–H groups in total. The molecular formula is C12H14F2O2S. The van der Waals surface area contributed by atoms with Gasteiger partial charge in [-0.25, -0.2) is 4.39 Å². The van der Waals surface area contributed by atoms with Gasteiger partial charge in [0.1, 0.15) is 0 Å². The summed E-state index contributed by atoms with van der Waals surface area (Å²) in [5.74, 6) is -0.516. The molecule has 17 heavy (non-hydrogen) atoms. The van der Waals surface area contributed by atoms with Crippen molar-refractivity contribution in [3.05, 3.63) is 29.3 Å². The largest absolute Gasteiger partial charge is 0.494 e. The number of thioether (sulfide) groups is 1. The molecule has 1 heterocycles. The molecule has 0 aromatic heterocycles. The predicted octanol–water partition coefficient (Wildman–Crippen LogP) is 2.69. The van der Waals surface area contributed by atoms with Gasteiger partial charge >= 0.3 is 0 Å². The first-order valence-electron chi connectivity index (χ1n) is 5.40. The maximum atomic E-state index is 13.4. The number of ether oxygens (including phenoxy) is 1. The maximum Gasteiger partial charge on any atom is 0.200 e. The van der Waals surface area contributed by atoms with E-state index in [1.54, 1.807) is 11.8 Å². The van der Waals surface area contributed by atoms with Crippen LogP contribution in [0.5, 0.6) is 5.75 Å². The molecule has 2 rings (SSSR count). The highest BCUT2D eigenvalue weighted by molar-refractivity contribution is 7.99. The minimum absolute atomic E-state index is 0.161. The van der Waals surface area contributed by atoms with Gasteiger partial charge in [-0.15, -0.1) is 0 Å². The summed E-state index contributed by atoms with van der Waals surface area (Å²) in [7, 11) is 1.28. The topological polar surface area (TPSA) is 29.5 Å². The predicted molar refractivity (Wildman–Crippen MR) is 63.4 cm³/mol. The Hall–Kier alpha value is -0.810. The average Bonchev–Trinajstić information content (AvgIpc) is 2.33. The van der Waals surface area contributed by atoms with Crippen LogP contribution in [0.15, 0.2) is 12.1 Å². The first-order valence-corrected chi connectivity index (χ1v) is 6.56. The first-order chi connectivity index (χ1) is 8.07. The number of rotatable bonds is 2. The molecule has 0 spiro atoms. The van der Waals surface area contributed by atoms with Crippen LogP contribution in [0.2, 0.25) is 0 Å². The Labute approximate surface area is 103 Å². The Morgan fingerprint density at radius 1 is 1.29 bits per heavy atom. The second kappa shape index (κ2) is 4.82. The molecule has 1 aromatic carbocycles. The lowest BCUT2D eigenvalue weighted by Crippen LogP contribution is -2.30. The lowest BCUT2D eigenvalue weighted by molar-refractivity contribution is 0.0274. The van der Waals surface area contributed by atoms with Crippen molar-refractivity contribution in [3.63, 3.8) is 0 Å². The normalized spacial score (nSPS) is 19.1. The summed E-state index contributed by atoms with van der Waals surface area (Å²) >= 11 is 1.75. The van der Waals surface area contributed by atoms with Crippen LogP contribution >= 0.6 is 11.8 Å². The Bertz CT molecular complexity index is 417. The van der Waals surface area contributed by atoms with Gasteiger partial charge in [0.05, 0.1) is 12.7 Å². The van der Waals surface area contributed by atoms with Crippen molar-refractivity contribution in [1.29, 1.82) is 0 Å². The van der Waals surface area contributed by atoms with E-state index in [1.807, 2.05) is 0 Å². The van der Waals surface area contributed by atoms with Crippen molar-refractivity contribution in [2.24, 2.45) is 0 Å². The standard InChI is InChI=1S/C12H14F2O2S/c1-16-10-7-8(6-9(13)11(10)14)12(15)2-4-17-5-3-12/h6-7,15H,2-5H2,1H3. The number of methoxy groups -OCH3 is 1. The quantitative estimate of drug-likeness (QED) is 0.886. The summed E-state index contributed by atoms with van der Waals surface area (Å²) in [6.07, 6.45) is 1.10. The number of benzene rings is 1. The SMILES string of the molecule is COc1cc(C2(O)CCSCC2)cc(F)c1F.